The minimum atomic E-state index is -1.26. The van der Waals surface area contributed by atoms with Crippen LogP contribution in [0.2, 0.25) is 5.02 Å². The first-order chi connectivity index (χ1) is 17.1. The monoisotopic (exact) mass is 625 g/mol. The fourth-order valence-electron chi connectivity index (χ4n) is 4.78. The summed E-state index contributed by atoms with van der Waals surface area (Å²) in [5.41, 5.74) is 3.34. The average molecular weight is 626 g/mol. The van der Waals surface area contributed by atoms with Gasteiger partial charge in [0.1, 0.15) is 11.3 Å². The summed E-state index contributed by atoms with van der Waals surface area (Å²) in [7, 11) is 1.61. The molecule has 2 N–H and O–H groups in total. The standard InChI is InChI=1S/C24H26ClFIN7O2/c1-12(2)34-13(3)29-22-17(26)7-14(8-18(22)34)21-16(25)10-28-23(31-21)30-19-5-6-33-20(24(19,27)35)9-15(32-33)11-36-4/h7-10,12,19,35H,5-6,11H2,1-4H3,(H,28,30,31)/t19-,24+/m1/s1. The van der Waals surface area contributed by atoms with E-state index in [4.69, 9.17) is 16.3 Å². The predicted octanol–water partition coefficient (Wildman–Crippen LogP) is 4.98. The number of anilines is 1. The van der Waals surface area contributed by atoms with Gasteiger partial charge in [0.05, 0.1) is 46.5 Å². The first-order valence-electron chi connectivity index (χ1n) is 11.5. The third-order valence-corrected chi connectivity index (χ3v) is 7.92. The highest BCUT2D eigenvalue weighted by Crippen LogP contribution is 2.40. The molecule has 0 bridgehead atoms. The largest absolute Gasteiger partial charge is 0.378 e. The molecule has 0 aliphatic carbocycles. The van der Waals surface area contributed by atoms with Crippen LogP contribution in [0.1, 0.15) is 43.5 Å². The van der Waals surface area contributed by atoms with Crippen LogP contribution in [0.5, 0.6) is 0 Å². The molecule has 0 radical (unpaired) electrons. The van der Waals surface area contributed by atoms with Crippen molar-refractivity contribution in [1.82, 2.24) is 29.3 Å². The van der Waals surface area contributed by atoms with E-state index in [0.29, 0.717) is 52.6 Å². The van der Waals surface area contributed by atoms with E-state index in [1.54, 1.807) is 11.8 Å². The van der Waals surface area contributed by atoms with E-state index in [-0.39, 0.29) is 12.0 Å². The maximum atomic E-state index is 15.1. The molecule has 190 valence electrons. The number of nitrogens with zero attached hydrogens (tertiary/aromatic N) is 6. The number of aromatic nitrogens is 6. The highest BCUT2D eigenvalue weighted by atomic mass is 127. The molecule has 36 heavy (non-hydrogen) atoms. The van der Waals surface area contributed by atoms with Crippen molar-refractivity contribution in [3.63, 3.8) is 0 Å². The molecule has 0 saturated carbocycles. The fourth-order valence-corrected chi connectivity index (χ4v) is 5.88. The second-order valence-corrected chi connectivity index (χ2v) is 11.2. The van der Waals surface area contributed by atoms with Crippen molar-refractivity contribution < 1.29 is 14.2 Å². The lowest BCUT2D eigenvalue weighted by Gasteiger charge is -2.36. The number of rotatable bonds is 6. The van der Waals surface area contributed by atoms with Crippen LogP contribution in [0.4, 0.5) is 10.3 Å². The Morgan fingerprint density at radius 2 is 2.11 bits per heavy atom. The van der Waals surface area contributed by atoms with Gasteiger partial charge in [0.25, 0.3) is 0 Å². The van der Waals surface area contributed by atoms with Crippen LogP contribution in [0.3, 0.4) is 0 Å². The number of nitrogens with one attached hydrogen (secondary N) is 1. The summed E-state index contributed by atoms with van der Waals surface area (Å²) in [6.07, 6.45) is 2.07. The lowest BCUT2D eigenvalue weighted by Crippen LogP contribution is -2.45. The maximum absolute atomic E-state index is 15.1. The molecule has 4 heterocycles. The molecule has 0 amide bonds. The lowest BCUT2D eigenvalue weighted by molar-refractivity contribution is 0.101. The van der Waals surface area contributed by atoms with Crippen molar-refractivity contribution in [2.45, 2.75) is 56.0 Å². The van der Waals surface area contributed by atoms with Gasteiger partial charge < -0.3 is 19.7 Å². The Labute approximate surface area is 226 Å². The number of alkyl halides is 1. The fraction of sp³-hybridized carbons (Fsp3) is 0.417. The Kier molecular flexibility index (Phi) is 6.68. The molecule has 3 aromatic heterocycles. The van der Waals surface area contributed by atoms with Gasteiger partial charge in [-0.15, -0.1) is 0 Å². The van der Waals surface area contributed by atoms with Crippen molar-refractivity contribution in [2.24, 2.45) is 0 Å². The second kappa shape index (κ2) is 9.51. The third kappa shape index (κ3) is 4.35. The van der Waals surface area contributed by atoms with E-state index in [1.165, 1.54) is 12.3 Å². The van der Waals surface area contributed by atoms with E-state index in [2.05, 4.69) is 25.4 Å². The minimum absolute atomic E-state index is 0.105. The van der Waals surface area contributed by atoms with Crippen molar-refractivity contribution >= 4 is 51.2 Å². The number of benzene rings is 1. The van der Waals surface area contributed by atoms with E-state index in [1.807, 2.05) is 60.1 Å². The molecule has 9 nitrogen and oxygen atoms in total. The summed E-state index contributed by atoms with van der Waals surface area (Å²) in [6, 6.07) is 4.80. The normalized spacial score (nSPS) is 19.8. The molecule has 4 aromatic rings. The molecule has 0 saturated heterocycles. The highest BCUT2D eigenvalue weighted by molar-refractivity contribution is 14.1. The summed E-state index contributed by atoms with van der Waals surface area (Å²) < 4.78 is 22.8. The summed E-state index contributed by atoms with van der Waals surface area (Å²) in [5.74, 6) is 0.579. The summed E-state index contributed by atoms with van der Waals surface area (Å²) >= 11 is 8.48. The van der Waals surface area contributed by atoms with Crippen LogP contribution in [0, 0.1) is 12.7 Å². The smallest absolute Gasteiger partial charge is 0.223 e. The third-order valence-electron chi connectivity index (χ3n) is 6.34. The Morgan fingerprint density at radius 3 is 2.83 bits per heavy atom. The summed E-state index contributed by atoms with van der Waals surface area (Å²) in [4.78, 5) is 13.3. The van der Waals surface area contributed by atoms with Gasteiger partial charge in [-0.1, -0.05) is 11.6 Å². The average Bonchev–Trinajstić information content (AvgIpc) is 3.38. The molecule has 1 aliphatic heterocycles. The van der Waals surface area contributed by atoms with Gasteiger partial charge in [0.2, 0.25) is 5.95 Å². The van der Waals surface area contributed by atoms with Crippen molar-refractivity contribution in [2.75, 3.05) is 12.4 Å². The van der Waals surface area contributed by atoms with E-state index < -0.39 is 15.5 Å². The van der Waals surface area contributed by atoms with Crippen LogP contribution >= 0.6 is 34.2 Å². The molecule has 2 atom stereocenters. The number of ether oxygens (including phenoxy) is 1. The Morgan fingerprint density at radius 1 is 1.33 bits per heavy atom. The van der Waals surface area contributed by atoms with Crippen molar-refractivity contribution in [3.05, 3.63) is 52.4 Å². The quantitative estimate of drug-likeness (QED) is 0.230. The molecule has 1 aromatic carbocycles. The Balaban J connectivity index is 1.49. The summed E-state index contributed by atoms with van der Waals surface area (Å²) in [5, 5.41) is 19.4. The van der Waals surface area contributed by atoms with Gasteiger partial charge in [0, 0.05) is 25.3 Å². The second-order valence-electron chi connectivity index (χ2n) is 9.17. The van der Waals surface area contributed by atoms with Crippen molar-refractivity contribution in [1.29, 1.82) is 0 Å². The van der Waals surface area contributed by atoms with Crippen LogP contribution < -0.4 is 5.32 Å². The topological polar surface area (TPSA) is 103 Å². The molecule has 12 heteroatoms. The molecular weight excluding hydrogens is 600 g/mol. The number of aliphatic hydroxyl groups is 1. The van der Waals surface area contributed by atoms with E-state index in [9.17, 15) is 5.11 Å². The molecule has 5 rings (SSSR count). The Bertz CT molecular complexity index is 1450. The van der Waals surface area contributed by atoms with Crippen LogP contribution in [0.25, 0.3) is 22.3 Å². The van der Waals surface area contributed by atoms with Gasteiger partial charge in [-0.2, -0.15) is 5.10 Å². The zero-order valence-electron chi connectivity index (χ0n) is 20.3. The zero-order valence-corrected chi connectivity index (χ0v) is 23.2. The molecular formula is C24H26ClFIN7O2. The molecule has 1 aliphatic rings. The maximum Gasteiger partial charge on any atom is 0.223 e. The zero-order chi connectivity index (χ0) is 25.8. The number of fused-ring (bicyclic) bond motifs is 2. The minimum Gasteiger partial charge on any atom is -0.378 e. The van der Waals surface area contributed by atoms with Crippen LogP contribution in [-0.2, 0) is 21.5 Å². The SMILES string of the molecule is COCc1cc2n(n1)CC[C@@H](Nc1ncc(Cl)c(-c3cc(F)c4nc(C)n(C(C)C)c4c3)n1)[C@@]2(O)I. The molecule has 0 fully saturated rings. The van der Waals surface area contributed by atoms with Crippen molar-refractivity contribution in [3.8, 4) is 11.3 Å². The molecule has 0 unspecified atom stereocenters. The van der Waals surface area contributed by atoms with E-state index in [0.717, 1.165) is 11.5 Å². The highest BCUT2D eigenvalue weighted by Gasteiger charge is 2.43. The number of halogens is 3. The molecule has 0 spiro atoms. The van der Waals surface area contributed by atoms with Gasteiger partial charge in [-0.05, 0) is 68.0 Å². The van der Waals surface area contributed by atoms with Crippen LogP contribution in [-0.4, -0.2) is 47.6 Å². The number of aryl methyl sites for hydroxylation is 2. The number of methoxy groups -OCH3 is 1. The van der Waals surface area contributed by atoms with E-state index >= 15 is 4.39 Å². The predicted molar refractivity (Wildman–Crippen MR) is 144 cm³/mol. The number of imidazole rings is 1. The van der Waals surface area contributed by atoms with Gasteiger partial charge in [-0.3, -0.25) is 4.68 Å². The Hall–Kier alpha value is -2.35. The number of hydrogen-bond acceptors (Lipinski definition) is 7. The van der Waals surface area contributed by atoms with Crippen LogP contribution in [0.15, 0.2) is 24.4 Å². The summed E-state index contributed by atoms with van der Waals surface area (Å²) in [6.45, 7) is 6.89. The lowest BCUT2D eigenvalue weighted by atomic mass is 10.0. The van der Waals surface area contributed by atoms with Gasteiger partial charge in [-0.25, -0.2) is 19.3 Å². The van der Waals surface area contributed by atoms with Gasteiger partial charge in [0.15, 0.2) is 9.43 Å². The first-order valence-corrected chi connectivity index (χ1v) is 13.0. The first kappa shape index (κ1) is 25.3. The van der Waals surface area contributed by atoms with Gasteiger partial charge >= 0.3 is 0 Å². The number of hydrogen-bond donors (Lipinski definition) is 2.